The van der Waals surface area contributed by atoms with Crippen LogP contribution >= 0.6 is 0 Å². The van der Waals surface area contributed by atoms with E-state index in [2.05, 4.69) is 17.2 Å². The smallest absolute Gasteiger partial charge is 0.329 e. The lowest BCUT2D eigenvalue weighted by Crippen LogP contribution is -2.36. The molecular formula is C13H14F3N3O. The van der Waals surface area contributed by atoms with Crippen molar-refractivity contribution < 1.29 is 18.0 Å². The average Bonchev–Trinajstić information content (AvgIpc) is 2.32. The number of anilines is 1. The number of nitrogens with one attached hydrogen (secondary N) is 2. The number of benzene rings is 1. The van der Waals surface area contributed by atoms with Gasteiger partial charge in [0.1, 0.15) is 6.54 Å². The Morgan fingerprint density at radius 1 is 1.35 bits per heavy atom. The van der Waals surface area contributed by atoms with Crippen LogP contribution in [0, 0.1) is 18.8 Å². The van der Waals surface area contributed by atoms with Gasteiger partial charge in [-0.25, -0.2) is 4.79 Å². The number of carbonyl (C=O) groups is 1. The Bertz CT molecular complexity index is 544. The van der Waals surface area contributed by atoms with Gasteiger partial charge in [-0.05, 0) is 30.7 Å². The molecule has 0 heterocycles. The Balaban J connectivity index is 2.72. The van der Waals surface area contributed by atoms with Crippen molar-refractivity contribution in [3.63, 3.8) is 0 Å². The highest BCUT2D eigenvalue weighted by molar-refractivity contribution is 5.89. The molecule has 2 amide bonds. The fourth-order valence-corrected chi connectivity index (χ4v) is 1.44. The fraction of sp³-hybridized carbons (Fsp3) is 0.308. The van der Waals surface area contributed by atoms with Crippen LogP contribution in [0.3, 0.4) is 0 Å². The molecule has 0 saturated heterocycles. The minimum atomic E-state index is -4.44. The van der Waals surface area contributed by atoms with Gasteiger partial charge < -0.3 is 16.4 Å². The zero-order valence-electron chi connectivity index (χ0n) is 10.8. The van der Waals surface area contributed by atoms with Gasteiger partial charge in [0.05, 0.1) is 6.54 Å². The summed E-state index contributed by atoms with van der Waals surface area (Å²) in [7, 11) is 0. The molecule has 7 heteroatoms. The number of halogens is 3. The zero-order chi connectivity index (χ0) is 15.2. The molecule has 0 aliphatic carbocycles. The summed E-state index contributed by atoms with van der Waals surface area (Å²) in [5.41, 5.74) is 7.07. The lowest BCUT2D eigenvalue weighted by molar-refractivity contribution is -0.122. The van der Waals surface area contributed by atoms with Gasteiger partial charge >= 0.3 is 12.2 Å². The highest BCUT2D eigenvalue weighted by Crippen LogP contribution is 2.15. The van der Waals surface area contributed by atoms with Crippen LogP contribution in [-0.4, -0.2) is 25.3 Å². The molecule has 4 nitrogen and oxygen atoms in total. The van der Waals surface area contributed by atoms with Crippen molar-refractivity contribution in [3.05, 3.63) is 29.3 Å². The molecule has 0 saturated carbocycles. The second-order valence-corrected chi connectivity index (χ2v) is 4.02. The van der Waals surface area contributed by atoms with E-state index in [4.69, 9.17) is 5.73 Å². The Morgan fingerprint density at radius 3 is 2.65 bits per heavy atom. The summed E-state index contributed by atoms with van der Waals surface area (Å²) in [6, 6.07) is 4.04. The van der Waals surface area contributed by atoms with Crippen molar-refractivity contribution in [2.45, 2.75) is 13.1 Å². The summed E-state index contributed by atoms with van der Waals surface area (Å²) in [6.07, 6.45) is -4.44. The lowest BCUT2D eigenvalue weighted by Gasteiger charge is -2.10. The maximum atomic E-state index is 11.9. The lowest BCUT2D eigenvalue weighted by atomic mass is 10.1. The van der Waals surface area contributed by atoms with Crippen molar-refractivity contribution in [1.82, 2.24) is 5.32 Å². The molecule has 4 N–H and O–H groups in total. The first-order chi connectivity index (χ1) is 9.30. The summed E-state index contributed by atoms with van der Waals surface area (Å²) in [5.74, 6) is 5.45. The molecule has 0 unspecified atom stereocenters. The molecule has 0 bridgehead atoms. The van der Waals surface area contributed by atoms with Crippen LogP contribution in [-0.2, 0) is 0 Å². The van der Waals surface area contributed by atoms with Crippen LogP contribution in [0.5, 0.6) is 0 Å². The van der Waals surface area contributed by atoms with Gasteiger partial charge in [-0.3, -0.25) is 0 Å². The monoisotopic (exact) mass is 285 g/mol. The average molecular weight is 285 g/mol. The summed E-state index contributed by atoms with van der Waals surface area (Å²) in [6.45, 7) is 0.597. The third-order valence-corrected chi connectivity index (χ3v) is 2.12. The molecule has 0 aliphatic rings. The van der Waals surface area contributed by atoms with Crippen LogP contribution < -0.4 is 16.4 Å². The largest absolute Gasteiger partial charge is 0.405 e. The fourth-order valence-electron chi connectivity index (χ4n) is 1.44. The van der Waals surface area contributed by atoms with Crippen LogP contribution in [0.4, 0.5) is 23.7 Å². The maximum absolute atomic E-state index is 11.9. The summed E-state index contributed by atoms with van der Waals surface area (Å²) in [4.78, 5) is 11.3. The predicted octanol–water partition coefficient (Wildman–Crippen LogP) is 1.99. The maximum Gasteiger partial charge on any atom is 0.405 e. The van der Waals surface area contributed by atoms with E-state index in [-0.39, 0.29) is 6.54 Å². The first-order valence-corrected chi connectivity index (χ1v) is 5.72. The van der Waals surface area contributed by atoms with Crippen molar-refractivity contribution >= 4 is 11.7 Å². The molecule has 0 aliphatic heterocycles. The van der Waals surface area contributed by atoms with Gasteiger partial charge in [0.25, 0.3) is 0 Å². The van der Waals surface area contributed by atoms with E-state index in [1.54, 1.807) is 30.4 Å². The van der Waals surface area contributed by atoms with Gasteiger partial charge in [-0.1, -0.05) is 11.8 Å². The van der Waals surface area contributed by atoms with Gasteiger partial charge in [0.2, 0.25) is 0 Å². The Morgan fingerprint density at radius 2 is 2.05 bits per heavy atom. The molecular weight excluding hydrogens is 271 g/mol. The molecule has 1 aromatic rings. The third-order valence-electron chi connectivity index (χ3n) is 2.12. The van der Waals surface area contributed by atoms with Crippen LogP contribution in [0.25, 0.3) is 0 Å². The van der Waals surface area contributed by atoms with Crippen molar-refractivity contribution in [2.24, 2.45) is 5.73 Å². The van der Waals surface area contributed by atoms with Crippen LogP contribution in [0.1, 0.15) is 11.1 Å². The Hall–Kier alpha value is -2.20. The molecule has 20 heavy (non-hydrogen) atoms. The molecule has 1 aromatic carbocycles. The number of carbonyl (C=O) groups excluding carboxylic acids is 1. The van der Waals surface area contributed by atoms with Gasteiger partial charge in [-0.2, -0.15) is 13.2 Å². The second-order valence-electron chi connectivity index (χ2n) is 4.02. The standard InChI is InChI=1S/C13H14F3N3O/c1-9-5-10(3-2-4-17)7-11(6-9)19-12(20)18-8-13(14,15)16/h5-7H,4,8,17H2,1H3,(H2,18,19,20). The molecule has 0 radical (unpaired) electrons. The topological polar surface area (TPSA) is 67.1 Å². The molecule has 108 valence electrons. The van der Waals surface area contributed by atoms with Crippen LogP contribution in [0.2, 0.25) is 0 Å². The van der Waals surface area contributed by atoms with E-state index >= 15 is 0 Å². The Kier molecular flexibility index (Phi) is 5.41. The Labute approximate surface area is 114 Å². The van der Waals surface area contributed by atoms with Crippen molar-refractivity contribution in [2.75, 3.05) is 18.4 Å². The molecule has 0 aromatic heterocycles. The molecule has 0 fully saturated rings. The third kappa shape index (κ3) is 6.11. The number of urea groups is 1. The molecule has 0 spiro atoms. The SMILES string of the molecule is Cc1cc(C#CCN)cc(NC(=O)NCC(F)(F)F)c1. The van der Waals surface area contributed by atoms with E-state index < -0.39 is 18.8 Å². The predicted molar refractivity (Wildman–Crippen MR) is 70.2 cm³/mol. The highest BCUT2D eigenvalue weighted by Gasteiger charge is 2.27. The van der Waals surface area contributed by atoms with Gasteiger partial charge in [0, 0.05) is 11.3 Å². The number of amides is 2. The molecule has 0 atom stereocenters. The van der Waals surface area contributed by atoms with Gasteiger partial charge in [-0.15, -0.1) is 0 Å². The zero-order valence-corrected chi connectivity index (χ0v) is 10.8. The summed E-state index contributed by atoms with van der Waals surface area (Å²) >= 11 is 0. The van der Waals surface area contributed by atoms with Gasteiger partial charge in [0.15, 0.2) is 0 Å². The minimum absolute atomic E-state index is 0.197. The van der Waals surface area contributed by atoms with E-state index in [1.807, 2.05) is 0 Å². The molecule has 1 rings (SSSR count). The van der Waals surface area contributed by atoms with Crippen LogP contribution in [0.15, 0.2) is 18.2 Å². The summed E-state index contributed by atoms with van der Waals surface area (Å²) in [5, 5.41) is 4.05. The first-order valence-electron chi connectivity index (χ1n) is 5.72. The van der Waals surface area contributed by atoms with E-state index in [9.17, 15) is 18.0 Å². The number of nitrogens with two attached hydrogens (primary N) is 1. The van der Waals surface area contributed by atoms with Crippen molar-refractivity contribution in [3.8, 4) is 11.8 Å². The second kappa shape index (κ2) is 6.82. The number of hydrogen-bond donors (Lipinski definition) is 3. The quantitative estimate of drug-likeness (QED) is 0.727. The van der Waals surface area contributed by atoms with E-state index in [1.165, 1.54) is 0 Å². The first kappa shape index (κ1) is 15.9. The normalized spacial score (nSPS) is 10.4. The number of aryl methyl sites for hydroxylation is 1. The number of hydrogen-bond acceptors (Lipinski definition) is 2. The number of alkyl halides is 3. The summed E-state index contributed by atoms with van der Waals surface area (Å²) < 4.78 is 35.8. The highest BCUT2D eigenvalue weighted by atomic mass is 19.4. The minimum Gasteiger partial charge on any atom is -0.329 e. The van der Waals surface area contributed by atoms with Crippen molar-refractivity contribution in [1.29, 1.82) is 0 Å². The van der Waals surface area contributed by atoms with E-state index in [0.717, 1.165) is 5.56 Å². The number of rotatable bonds is 2. The van der Waals surface area contributed by atoms with E-state index in [0.29, 0.717) is 11.3 Å².